The second-order valence-electron chi connectivity index (χ2n) is 4.94. The lowest BCUT2D eigenvalue weighted by molar-refractivity contribution is 0.0957. The predicted octanol–water partition coefficient (Wildman–Crippen LogP) is 2.00. The lowest BCUT2D eigenvalue weighted by Gasteiger charge is -2.22. The Morgan fingerprint density at radius 2 is 1.94 bits per heavy atom. The Balaban J connectivity index is 2.98. The molecule has 0 radical (unpaired) electrons. The van der Waals surface area contributed by atoms with Crippen molar-refractivity contribution in [2.75, 3.05) is 6.54 Å². The van der Waals surface area contributed by atoms with Crippen LogP contribution in [0.2, 0.25) is 0 Å². The van der Waals surface area contributed by atoms with Gasteiger partial charge in [0.1, 0.15) is 0 Å². The first-order valence-corrected chi connectivity index (χ1v) is 5.89. The molecule has 0 atom stereocenters. The van der Waals surface area contributed by atoms with E-state index < -0.39 is 0 Å². The first-order chi connectivity index (χ1) is 7.82. The molecular formula is C13H18N2OS. The lowest BCUT2D eigenvalue weighted by Crippen LogP contribution is -2.33. The highest BCUT2D eigenvalue weighted by Crippen LogP contribution is 2.25. The molecule has 17 heavy (non-hydrogen) atoms. The van der Waals surface area contributed by atoms with Crippen LogP contribution in [0.3, 0.4) is 0 Å². The second-order valence-corrected chi connectivity index (χ2v) is 5.47. The van der Waals surface area contributed by atoms with E-state index in [0.29, 0.717) is 5.56 Å². The Morgan fingerprint density at radius 3 is 2.47 bits per heavy atom. The largest absolute Gasteiger partial charge is 0.392 e. The van der Waals surface area contributed by atoms with Gasteiger partial charge in [-0.05, 0) is 17.0 Å². The monoisotopic (exact) mass is 250 g/mol. The summed E-state index contributed by atoms with van der Waals surface area (Å²) >= 11 is 4.73. The van der Waals surface area contributed by atoms with Crippen LogP contribution in [0.25, 0.3) is 0 Å². The molecule has 0 fully saturated rings. The summed E-state index contributed by atoms with van der Waals surface area (Å²) in [6.45, 7) is 6.46. The molecule has 1 amide bonds. The second kappa shape index (κ2) is 5.27. The Bertz CT molecular complexity index is 435. The minimum Gasteiger partial charge on any atom is -0.392 e. The van der Waals surface area contributed by atoms with Crippen LogP contribution in [-0.2, 0) is 5.41 Å². The van der Waals surface area contributed by atoms with Gasteiger partial charge in [0, 0.05) is 5.56 Å². The van der Waals surface area contributed by atoms with E-state index in [-0.39, 0.29) is 22.9 Å². The van der Waals surface area contributed by atoms with E-state index in [1.807, 2.05) is 24.3 Å². The van der Waals surface area contributed by atoms with Crippen molar-refractivity contribution >= 4 is 23.1 Å². The third-order valence-electron chi connectivity index (χ3n) is 2.40. The average Bonchev–Trinajstić information content (AvgIpc) is 2.24. The van der Waals surface area contributed by atoms with Crippen molar-refractivity contribution in [2.24, 2.45) is 5.73 Å². The van der Waals surface area contributed by atoms with Gasteiger partial charge in [-0.1, -0.05) is 51.2 Å². The molecule has 0 saturated heterocycles. The van der Waals surface area contributed by atoms with Crippen LogP contribution in [-0.4, -0.2) is 17.4 Å². The van der Waals surface area contributed by atoms with Crippen LogP contribution < -0.4 is 11.1 Å². The van der Waals surface area contributed by atoms with Gasteiger partial charge in [0.05, 0.1) is 11.5 Å². The maximum absolute atomic E-state index is 12.0. The molecule has 0 aliphatic heterocycles. The molecule has 3 nitrogen and oxygen atoms in total. The molecule has 0 heterocycles. The number of hydrogen-bond acceptors (Lipinski definition) is 2. The van der Waals surface area contributed by atoms with Gasteiger partial charge in [-0.15, -0.1) is 0 Å². The molecule has 3 N–H and O–H groups in total. The summed E-state index contributed by atoms with van der Waals surface area (Å²) in [7, 11) is 0. The van der Waals surface area contributed by atoms with Crippen molar-refractivity contribution in [3.8, 4) is 0 Å². The summed E-state index contributed by atoms with van der Waals surface area (Å²) in [5, 5.41) is 2.71. The number of hydrogen-bond donors (Lipinski definition) is 2. The number of nitrogens with one attached hydrogen (secondary N) is 1. The van der Waals surface area contributed by atoms with E-state index in [9.17, 15) is 4.79 Å². The van der Waals surface area contributed by atoms with Crippen molar-refractivity contribution in [1.29, 1.82) is 0 Å². The highest BCUT2D eigenvalue weighted by atomic mass is 32.1. The van der Waals surface area contributed by atoms with Gasteiger partial charge >= 0.3 is 0 Å². The molecule has 0 aliphatic rings. The summed E-state index contributed by atoms with van der Waals surface area (Å²) in [5.41, 5.74) is 6.98. The molecule has 1 rings (SSSR count). The predicted molar refractivity (Wildman–Crippen MR) is 74.3 cm³/mol. The zero-order chi connectivity index (χ0) is 13.1. The quantitative estimate of drug-likeness (QED) is 0.807. The van der Waals surface area contributed by atoms with Gasteiger partial charge < -0.3 is 11.1 Å². The number of nitrogens with two attached hydrogens (primary N) is 1. The summed E-state index contributed by atoms with van der Waals surface area (Å²) in [4.78, 5) is 12.3. The molecule has 1 aromatic carbocycles. The molecule has 0 aliphatic carbocycles. The summed E-state index contributed by atoms with van der Waals surface area (Å²) in [5.74, 6) is -0.136. The molecule has 4 heteroatoms. The van der Waals surface area contributed by atoms with Crippen LogP contribution in [0.4, 0.5) is 0 Å². The number of amides is 1. The summed E-state index contributed by atoms with van der Waals surface area (Å²) in [6, 6.07) is 7.57. The van der Waals surface area contributed by atoms with E-state index in [2.05, 4.69) is 26.1 Å². The zero-order valence-corrected chi connectivity index (χ0v) is 11.2. The maximum atomic E-state index is 12.0. The van der Waals surface area contributed by atoms with Crippen molar-refractivity contribution < 1.29 is 4.79 Å². The van der Waals surface area contributed by atoms with Gasteiger partial charge in [0.15, 0.2) is 0 Å². The number of carbonyl (C=O) groups excluding carboxylic acids is 1. The number of thiocarbonyl (C=S) groups is 1. The molecule has 0 unspecified atom stereocenters. The minimum absolute atomic E-state index is 0.0723. The van der Waals surface area contributed by atoms with Crippen LogP contribution >= 0.6 is 12.2 Å². The fourth-order valence-electron chi connectivity index (χ4n) is 1.60. The smallest absolute Gasteiger partial charge is 0.251 e. The van der Waals surface area contributed by atoms with E-state index in [1.54, 1.807) is 0 Å². The lowest BCUT2D eigenvalue weighted by atomic mass is 9.83. The van der Waals surface area contributed by atoms with Gasteiger partial charge in [-0.2, -0.15) is 0 Å². The molecule has 0 aromatic heterocycles. The first kappa shape index (κ1) is 13.6. The van der Waals surface area contributed by atoms with E-state index in [1.165, 1.54) is 0 Å². The van der Waals surface area contributed by atoms with E-state index >= 15 is 0 Å². The van der Waals surface area contributed by atoms with Gasteiger partial charge in [-0.25, -0.2) is 0 Å². The van der Waals surface area contributed by atoms with Gasteiger partial charge in [0.2, 0.25) is 0 Å². The Labute approximate surface area is 107 Å². The zero-order valence-electron chi connectivity index (χ0n) is 10.4. The normalized spacial score (nSPS) is 11.0. The van der Waals surface area contributed by atoms with Crippen molar-refractivity contribution in [2.45, 2.75) is 26.2 Å². The molecule has 0 saturated carbocycles. The fourth-order valence-corrected chi connectivity index (χ4v) is 1.67. The third-order valence-corrected chi connectivity index (χ3v) is 2.55. The Morgan fingerprint density at radius 1 is 1.35 bits per heavy atom. The van der Waals surface area contributed by atoms with Crippen LogP contribution in [0.1, 0.15) is 36.7 Å². The molecule has 0 bridgehead atoms. The maximum Gasteiger partial charge on any atom is 0.251 e. The van der Waals surface area contributed by atoms with Gasteiger partial charge in [-0.3, -0.25) is 4.79 Å². The summed E-state index contributed by atoms with van der Waals surface area (Å²) in [6.07, 6.45) is 0. The fraction of sp³-hybridized carbons (Fsp3) is 0.385. The standard InChI is InChI=1S/C13H18N2OS/c1-13(2,3)10-7-5-4-6-9(10)12(16)15-8-11(14)17/h4-7H,8H2,1-3H3,(H2,14,17)(H,15,16). The van der Waals surface area contributed by atoms with E-state index in [0.717, 1.165) is 5.56 Å². The third kappa shape index (κ3) is 3.82. The highest BCUT2D eigenvalue weighted by Gasteiger charge is 2.20. The van der Waals surface area contributed by atoms with Crippen LogP contribution in [0, 0.1) is 0 Å². The van der Waals surface area contributed by atoms with Crippen LogP contribution in [0.15, 0.2) is 24.3 Å². The highest BCUT2D eigenvalue weighted by molar-refractivity contribution is 7.80. The van der Waals surface area contributed by atoms with Crippen molar-refractivity contribution in [3.05, 3.63) is 35.4 Å². The van der Waals surface area contributed by atoms with E-state index in [4.69, 9.17) is 18.0 Å². The number of benzene rings is 1. The molecule has 1 aromatic rings. The SMILES string of the molecule is CC(C)(C)c1ccccc1C(=O)NCC(N)=S. The number of rotatable bonds is 3. The minimum atomic E-state index is -0.136. The average molecular weight is 250 g/mol. The van der Waals surface area contributed by atoms with Crippen LogP contribution in [0.5, 0.6) is 0 Å². The summed E-state index contributed by atoms with van der Waals surface area (Å²) < 4.78 is 0. The number of carbonyl (C=O) groups is 1. The first-order valence-electron chi connectivity index (χ1n) is 5.48. The Kier molecular flexibility index (Phi) is 4.23. The van der Waals surface area contributed by atoms with Crippen molar-refractivity contribution in [1.82, 2.24) is 5.32 Å². The van der Waals surface area contributed by atoms with Crippen molar-refractivity contribution in [3.63, 3.8) is 0 Å². The molecule has 0 spiro atoms. The molecule has 92 valence electrons. The topological polar surface area (TPSA) is 55.1 Å². The Hall–Kier alpha value is -1.42. The molecular weight excluding hydrogens is 232 g/mol. The van der Waals surface area contributed by atoms with Gasteiger partial charge in [0.25, 0.3) is 5.91 Å².